The van der Waals surface area contributed by atoms with Gasteiger partial charge in [0.25, 0.3) is 5.91 Å². The Labute approximate surface area is 126 Å². The molecule has 0 N–H and O–H groups in total. The summed E-state index contributed by atoms with van der Waals surface area (Å²) in [6.45, 7) is 0.984. The second kappa shape index (κ2) is 6.87. The highest BCUT2D eigenvalue weighted by atomic mass is 35.5. The van der Waals surface area contributed by atoms with E-state index in [0.29, 0.717) is 13.2 Å². The Hall–Kier alpha value is -1.66. The predicted molar refractivity (Wildman–Crippen MR) is 73.7 cm³/mol. The molecule has 1 saturated heterocycles. The Morgan fingerprint density at radius 3 is 2.95 bits per heavy atom. The van der Waals surface area contributed by atoms with Crippen LogP contribution in [0.15, 0.2) is 18.2 Å². The number of hydrogen-bond donors (Lipinski definition) is 0. The number of morpholine rings is 1. The van der Waals surface area contributed by atoms with E-state index in [1.807, 2.05) is 0 Å². The highest BCUT2D eigenvalue weighted by molar-refractivity contribution is 6.33. The van der Waals surface area contributed by atoms with Gasteiger partial charge in [-0.15, -0.1) is 0 Å². The summed E-state index contributed by atoms with van der Waals surface area (Å²) in [5, 5.41) is 0.0657. The average Bonchev–Trinajstić information content (AvgIpc) is 2.47. The molecule has 1 aliphatic rings. The van der Waals surface area contributed by atoms with Crippen molar-refractivity contribution in [3.05, 3.63) is 34.6 Å². The second-order valence-corrected chi connectivity index (χ2v) is 5.06. The number of nitrogens with zero attached hydrogens (tertiary/aromatic N) is 1. The lowest BCUT2D eigenvalue weighted by Gasteiger charge is -2.32. The Kier molecular flexibility index (Phi) is 5.14. The third kappa shape index (κ3) is 3.92. The lowest BCUT2D eigenvalue weighted by molar-refractivity contribution is -0.145. The third-order valence-electron chi connectivity index (χ3n) is 3.21. The molecule has 1 atom stereocenters. The summed E-state index contributed by atoms with van der Waals surface area (Å²) < 4.78 is 23.0. The Morgan fingerprint density at radius 2 is 2.29 bits per heavy atom. The first kappa shape index (κ1) is 15.7. The molecule has 0 aromatic heterocycles. The maximum absolute atomic E-state index is 13.0. The highest BCUT2D eigenvalue weighted by Gasteiger charge is 2.27. The summed E-state index contributed by atoms with van der Waals surface area (Å²) in [4.78, 5) is 25.2. The number of methoxy groups -OCH3 is 1. The minimum atomic E-state index is -0.498. The van der Waals surface area contributed by atoms with Crippen LogP contribution < -0.4 is 0 Å². The van der Waals surface area contributed by atoms with E-state index in [2.05, 4.69) is 4.74 Å². The molecular weight excluding hydrogens is 301 g/mol. The molecule has 21 heavy (non-hydrogen) atoms. The third-order valence-corrected chi connectivity index (χ3v) is 3.52. The first-order valence-electron chi connectivity index (χ1n) is 6.44. The topological polar surface area (TPSA) is 55.8 Å². The first-order chi connectivity index (χ1) is 10.0. The van der Waals surface area contributed by atoms with Crippen molar-refractivity contribution < 1.29 is 23.5 Å². The molecule has 114 valence electrons. The van der Waals surface area contributed by atoms with Gasteiger partial charge in [-0.1, -0.05) is 11.6 Å². The van der Waals surface area contributed by atoms with Gasteiger partial charge in [-0.25, -0.2) is 4.39 Å². The maximum Gasteiger partial charge on any atom is 0.308 e. The number of ether oxygens (including phenoxy) is 2. The van der Waals surface area contributed by atoms with E-state index in [0.717, 1.165) is 6.07 Å². The van der Waals surface area contributed by atoms with Crippen LogP contribution in [-0.2, 0) is 14.3 Å². The largest absolute Gasteiger partial charge is 0.469 e. The molecule has 1 fully saturated rings. The Balaban J connectivity index is 2.06. The van der Waals surface area contributed by atoms with Crippen molar-refractivity contribution in [2.45, 2.75) is 12.5 Å². The van der Waals surface area contributed by atoms with Crippen molar-refractivity contribution in [2.24, 2.45) is 0 Å². The van der Waals surface area contributed by atoms with Crippen LogP contribution in [0.3, 0.4) is 0 Å². The van der Waals surface area contributed by atoms with Gasteiger partial charge >= 0.3 is 5.97 Å². The van der Waals surface area contributed by atoms with Crippen molar-refractivity contribution >= 4 is 23.5 Å². The van der Waals surface area contributed by atoms with Crippen molar-refractivity contribution in [1.29, 1.82) is 0 Å². The van der Waals surface area contributed by atoms with Gasteiger partial charge in [0.1, 0.15) is 5.82 Å². The average molecular weight is 316 g/mol. The zero-order valence-corrected chi connectivity index (χ0v) is 12.2. The molecule has 0 aliphatic carbocycles. The molecule has 1 aromatic rings. The minimum absolute atomic E-state index is 0.0657. The van der Waals surface area contributed by atoms with Crippen molar-refractivity contribution in [2.75, 3.05) is 26.8 Å². The van der Waals surface area contributed by atoms with Crippen LogP contribution in [0.1, 0.15) is 16.8 Å². The van der Waals surface area contributed by atoms with E-state index in [1.165, 1.54) is 24.1 Å². The molecule has 5 nitrogen and oxygen atoms in total. The van der Waals surface area contributed by atoms with Gasteiger partial charge in [0.15, 0.2) is 0 Å². The van der Waals surface area contributed by atoms with Gasteiger partial charge in [0, 0.05) is 13.1 Å². The van der Waals surface area contributed by atoms with E-state index in [-0.39, 0.29) is 29.5 Å². The number of rotatable bonds is 3. The molecule has 1 aromatic carbocycles. The number of carbonyl (C=O) groups is 2. The van der Waals surface area contributed by atoms with Crippen molar-refractivity contribution in [1.82, 2.24) is 4.90 Å². The summed E-state index contributed by atoms with van der Waals surface area (Å²) in [6.07, 6.45) is -0.327. The molecule has 0 spiro atoms. The molecular formula is C14H15ClFNO4. The Morgan fingerprint density at radius 1 is 1.52 bits per heavy atom. The SMILES string of the molecule is COC(=O)CC1CN(C(=O)c2ccc(F)cc2Cl)CCO1. The molecule has 2 rings (SSSR count). The van der Waals surface area contributed by atoms with Crippen molar-refractivity contribution in [3.8, 4) is 0 Å². The number of halogens is 2. The molecule has 1 aliphatic heterocycles. The van der Waals surface area contributed by atoms with Crippen LogP contribution in [-0.4, -0.2) is 49.7 Å². The summed E-state index contributed by atoms with van der Waals surface area (Å²) in [7, 11) is 1.30. The molecule has 1 unspecified atom stereocenters. The van der Waals surface area contributed by atoms with Crippen LogP contribution in [0.5, 0.6) is 0 Å². The van der Waals surface area contributed by atoms with Gasteiger partial charge in [-0.05, 0) is 18.2 Å². The van der Waals surface area contributed by atoms with E-state index >= 15 is 0 Å². The fourth-order valence-electron chi connectivity index (χ4n) is 2.13. The number of amides is 1. The number of benzene rings is 1. The molecule has 1 amide bonds. The maximum atomic E-state index is 13.0. The monoisotopic (exact) mass is 315 g/mol. The fourth-order valence-corrected chi connectivity index (χ4v) is 2.38. The second-order valence-electron chi connectivity index (χ2n) is 4.65. The van der Waals surface area contributed by atoms with Gasteiger partial charge in [-0.2, -0.15) is 0 Å². The van der Waals surface area contributed by atoms with Crippen LogP contribution >= 0.6 is 11.6 Å². The zero-order valence-electron chi connectivity index (χ0n) is 11.5. The summed E-state index contributed by atoms with van der Waals surface area (Å²) in [5.74, 6) is -1.20. The normalized spacial score (nSPS) is 18.4. The molecule has 0 radical (unpaired) electrons. The van der Waals surface area contributed by atoms with Gasteiger partial charge in [0.05, 0.1) is 36.8 Å². The first-order valence-corrected chi connectivity index (χ1v) is 6.82. The number of esters is 1. The summed E-state index contributed by atoms with van der Waals surface area (Å²) in [6, 6.07) is 3.64. The molecule has 0 bridgehead atoms. The molecule has 0 saturated carbocycles. The van der Waals surface area contributed by atoms with Gasteiger partial charge in [-0.3, -0.25) is 9.59 Å². The van der Waals surface area contributed by atoms with E-state index in [4.69, 9.17) is 16.3 Å². The van der Waals surface area contributed by atoms with Crippen LogP contribution in [0.25, 0.3) is 0 Å². The fraction of sp³-hybridized carbons (Fsp3) is 0.429. The van der Waals surface area contributed by atoms with Gasteiger partial charge < -0.3 is 14.4 Å². The van der Waals surface area contributed by atoms with E-state index in [9.17, 15) is 14.0 Å². The smallest absolute Gasteiger partial charge is 0.308 e. The minimum Gasteiger partial charge on any atom is -0.469 e. The summed E-state index contributed by atoms with van der Waals surface area (Å²) >= 11 is 5.89. The number of carbonyl (C=O) groups excluding carboxylic acids is 2. The lowest BCUT2D eigenvalue weighted by atomic mass is 10.1. The molecule has 1 heterocycles. The van der Waals surface area contributed by atoms with Crippen molar-refractivity contribution in [3.63, 3.8) is 0 Å². The standard InChI is InChI=1S/C14H15ClFNO4/c1-20-13(18)7-10-8-17(4-5-21-10)14(19)11-3-2-9(16)6-12(11)15/h2-3,6,10H,4-5,7-8H2,1H3. The van der Waals surface area contributed by atoms with E-state index < -0.39 is 17.9 Å². The summed E-state index contributed by atoms with van der Waals surface area (Å²) in [5.41, 5.74) is 0.233. The zero-order chi connectivity index (χ0) is 15.4. The van der Waals surface area contributed by atoms with Gasteiger partial charge in [0.2, 0.25) is 0 Å². The number of hydrogen-bond acceptors (Lipinski definition) is 4. The van der Waals surface area contributed by atoms with Crippen LogP contribution in [0.2, 0.25) is 5.02 Å². The predicted octanol–water partition coefficient (Wildman–Crippen LogP) is 1.88. The molecule has 7 heteroatoms. The van der Waals surface area contributed by atoms with Crippen LogP contribution in [0, 0.1) is 5.82 Å². The quantitative estimate of drug-likeness (QED) is 0.799. The lowest BCUT2D eigenvalue weighted by Crippen LogP contribution is -2.46. The highest BCUT2D eigenvalue weighted by Crippen LogP contribution is 2.21. The van der Waals surface area contributed by atoms with E-state index in [1.54, 1.807) is 0 Å². The Bertz CT molecular complexity index is 552. The van der Waals surface area contributed by atoms with Crippen LogP contribution in [0.4, 0.5) is 4.39 Å².